The van der Waals surface area contributed by atoms with Gasteiger partial charge in [-0.25, -0.2) is 4.98 Å². The summed E-state index contributed by atoms with van der Waals surface area (Å²) in [6.07, 6.45) is 3.60. The van der Waals surface area contributed by atoms with Gasteiger partial charge in [0.25, 0.3) is 5.91 Å². The molecule has 144 valence electrons. The predicted octanol–water partition coefficient (Wildman–Crippen LogP) is 3.95. The molecule has 0 atom stereocenters. The number of fused-ring (bicyclic) bond motifs is 2. The van der Waals surface area contributed by atoms with Crippen molar-refractivity contribution in [1.29, 1.82) is 0 Å². The zero-order valence-electron chi connectivity index (χ0n) is 15.9. The Bertz CT molecular complexity index is 1270. The van der Waals surface area contributed by atoms with Gasteiger partial charge in [-0.05, 0) is 28.8 Å². The molecule has 29 heavy (non-hydrogen) atoms. The average molecular weight is 401 g/mol. The molecule has 5 rings (SSSR count). The molecule has 1 amide bonds. The van der Waals surface area contributed by atoms with Gasteiger partial charge in [-0.1, -0.05) is 24.8 Å². The lowest BCUT2D eigenvalue weighted by Gasteiger charge is -2.16. The van der Waals surface area contributed by atoms with E-state index in [1.807, 2.05) is 35.4 Å². The zero-order chi connectivity index (χ0) is 20.1. The van der Waals surface area contributed by atoms with Gasteiger partial charge >= 0.3 is 0 Å². The summed E-state index contributed by atoms with van der Waals surface area (Å²) in [5, 5.41) is 8.16. The summed E-state index contributed by atoms with van der Waals surface area (Å²) >= 11 is 1.52. The average Bonchev–Trinajstić information content (AvgIpc) is 3.44. The number of nitrogens with zero attached hydrogens (tertiary/aromatic N) is 4. The summed E-state index contributed by atoms with van der Waals surface area (Å²) in [4.78, 5) is 19.2. The summed E-state index contributed by atoms with van der Waals surface area (Å²) in [6.45, 7) is 5.05. The van der Waals surface area contributed by atoms with Crippen LogP contribution in [0.5, 0.6) is 0 Å². The molecule has 0 saturated heterocycles. The Morgan fingerprint density at radius 2 is 2.17 bits per heavy atom. The van der Waals surface area contributed by atoms with E-state index in [-0.39, 0.29) is 5.91 Å². The Kier molecular flexibility index (Phi) is 3.99. The molecule has 2 aromatic heterocycles. The third-order valence-corrected chi connectivity index (χ3v) is 6.25. The maximum absolute atomic E-state index is 13.1. The highest BCUT2D eigenvalue weighted by atomic mass is 32.1. The second-order valence-electron chi connectivity index (χ2n) is 7.20. The topological polar surface area (TPSA) is 77.0 Å². The first-order valence-electron chi connectivity index (χ1n) is 9.23. The summed E-state index contributed by atoms with van der Waals surface area (Å²) in [5.41, 5.74) is 12.2. The molecule has 0 aliphatic carbocycles. The Hall–Kier alpha value is -3.45. The van der Waals surface area contributed by atoms with E-state index in [0.717, 1.165) is 38.2 Å². The molecule has 2 N–H and O–H groups in total. The van der Waals surface area contributed by atoms with Crippen molar-refractivity contribution in [2.75, 3.05) is 12.3 Å². The van der Waals surface area contributed by atoms with Gasteiger partial charge in [0.2, 0.25) is 0 Å². The van der Waals surface area contributed by atoms with Crippen LogP contribution in [0.15, 0.2) is 54.7 Å². The van der Waals surface area contributed by atoms with Crippen LogP contribution in [0.2, 0.25) is 0 Å². The van der Waals surface area contributed by atoms with Crippen LogP contribution in [0.1, 0.15) is 20.9 Å². The fraction of sp³-hybridized carbons (Fsp3) is 0.136. The Labute approximate surface area is 171 Å². The summed E-state index contributed by atoms with van der Waals surface area (Å²) in [6, 6.07) is 10.0. The summed E-state index contributed by atoms with van der Waals surface area (Å²) in [7, 11) is 1.93. The van der Waals surface area contributed by atoms with Crippen LogP contribution >= 0.6 is 11.3 Å². The molecule has 0 saturated carbocycles. The van der Waals surface area contributed by atoms with E-state index >= 15 is 0 Å². The van der Waals surface area contributed by atoms with Gasteiger partial charge in [-0.3, -0.25) is 9.48 Å². The van der Waals surface area contributed by atoms with E-state index in [9.17, 15) is 4.79 Å². The first kappa shape index (κ1) is 17.6. The second kappa shape index (κ2) is 6.56. The van der Waals surface area contributed by atoms with Crippen molar-refractivity contribution in [3.05, 3.63) is 70.8 Å². The third kappa shape index (κ3) is 2.82. The smallest absolute Gasteiger partial charge is 0.256 e. The van der Waals surface area contributed by atoms with Crippen molar-refractivity contribution in [2.24, 2.45) is 7.05 Å². The lowest BCUT2D eigenvalue weighted by Crippen LogP contribution is -2.25. The highest BCUT2D eigenvalue weighted by Crippen LogP contribution is 2.37. The highest BCUT2D eigenvalue weighted by molar-refractivity contribution is 7.10. The number of thiazole rings is 1. The van der Waals surface area contributed by atoms with E-state index in [4.69, 9.17) is 5.73 Å². The van der Waals surface area contributed by atoms with E-state index in [1.54, 1.807) is 11.1 Å². The van der Waals surface area contributed by atoms with E-state index in [0.29, 0.717) is 24.3 Å². The van der Waals surface area contributed by atoms with Crippen LogP contribution in [0, 0.1) is 0 Å². The Morgan fingerprint density at radius 1 is 1.31 bits per heavy atom. The lowest BCUT2D eigenvalue weighted by molar-refractivity contribution is 0.0800. The Morgan fingerprint density at radius 3 is 2.97 bits per heavy atom. The fourth-order valence-corrected chi connectivity index (χ4v) is 4.51. The number of hydrogen-bond acceptors (Lipinski definition) is 5. The number of aromatic nitrogens is 3. The molecule has 1 aliphatic heterocycles. The molecule has 2 aromatic carbocycles. The van der Waals surface area contributed by atoms with Gasteiger partial charge < -0.3 is 10.6 Å². The molecular formula is C22H19N5OS. The maximum Gasteiger partial charge on any atom is 0.256 e. The number of anilines is 1. The van der Waals surface area contributed by atoms with Crippen LogP contribution in [-0.4, -0.2) is 32.1 Å². The molecule has 3 heterocycles. The van der Waals surface area contributed by atoms with Crippen LogP contribution < -0.4 is 5.73 Å². The standard InChI is InChI=1S/C22H19N5OS/c1-13(21-24-7-8-29-21)11-27-12-17-16(5-6-18(23)20(17)22(27)28)14-3-4-15-10-25-26(2)19(15)9-14/h3-10H,1,11-12,23H2,2H3. The monoisotopic (exact) mass is 401 g/mol. The van der Waals surface area contributed by atoms with Crippen LogP contribution in [-0.2, 0) is 13.6 Å². The minimum atomic E-state index is -0.0568. The zero-order valence-corrected chi connectivity index (χ0v) is 16.7. The number of rotatable bonds is 4. The minimum Gasteiger partial charge on any atom is -0.398 e. The van der Waals surface area contributed by atoms with E-state index in [2.05, 4.69) is 34.9 Å². The SMILES string of the molecule is C=C(CN1Cc2c(-c3ccc4cnn(C)c4c3)ccc(N)c2C1=O)c1nccs1. The minimum absolute atomic E-state index is 0.0568. The maximum atomic E-state index is 13.1. The number of aryl methyl sites for hydroxylation is 1. The molecule has 0 fully saturated rings. The van der Waals surface area contributed by atoms with Gasteiger partial charge in [-0.2, -0.15) is 5.10 Å². The van der Waals surface area contributed by atoms with Crippen molar-refractivity contribution in [2.45, 2.75) is 6.54 Å². The van der Waals surface area contributed by atoms with Gasteiger partial charge in [0, 0.05) is 48.4 Å². The second-order valence-corrected chi connectivity index (χ2v) is 8.09. The first-order valence-corrected chi connectivity index (χ1v) is 10.1. The molecule has 0 spiro atoms. The van der Waals surface area contributed by atoms with Gasteiger partial charge in [0.1, 0.15) is 5.01 Å². The molecule has 0 unspecified atom stereocenters. The molecular weight excluding hydrogens is 382 g/mol. The van der Waals surface area contributed by atoms with E-state index in [1.165, 1.54) is 11.3 Å². The lowest BCUT2D eigenvalue weighted by atomic mass is 9.95. The summed E-state index contributed by atoms with van der Waals surface area (Å²) in [5.74, 6) is -0.0568. The number of amides is 1. The van der Waals surface area contributed by atoms with Crippen molar-refractivity contribution in [3.8, 4) is 11.1 Å². The molecule has 1 aliphatic rings. The third-order valence-electron chi connectivity index (χ3n) is 5.37. The van der Waals surface area contributed by atoms with Crippen molar-refractivity contribution >= 4 is 39.4 Å². The van der Waals surface area contributed by atoms with Crippen molar-refractivity contribution in [1.82, 2.24) is 19.7 Å². The number of nitrogens with two attached hydrogens (primary N) is 1. The first-order chi connectivity index (χ1) is 14.0. The largest absolute Gasteiger partial charge is 0.398 e. The van der Waals surface area contributed by atoms with Crippen LogP contribution in [0.4, 0.5) is 5.69 Å². The summed E-state index contributed by atoms with van der Waals surface area (Å²) < 4.78 is 1.85. The molecule has 7 heteroatoms. The number of carbonyl (C=O) groups excluding carboxylic acids is 1. The number of hydrogen-bond donors (Lipinski definition) is 1. The highest BCUT2D eigenvalue weighted by Gasteiger charge is 2.32. The van der Waals surface area contributed by atoms with Gasteiger partial charge in [-0.15, -0.1) is 11.3 Å². The van der Waals surface area contributed by atoms with E-state index < -0.39 is 0 Å². The predicted molar refractivity (Wildman–Crippen MR) is 116 cm³/mol. The molecule has 0 bridgehead atoms. The molecule has 0 radical (unpaired) electrons. The number of carbonyl (C=O) groups is 1. The van der Waals surface area contributed by atoms with Crippen LogP contribution in [0.3, 0.4) is 0 Å². The number of benzene rings is 2. The normalized spacial score (nSPS) is 13.3. The quantitative estimate of drug-likeness (QED) is 0.525. The molecule has 4 aromatic rings. The number of nitrogen functional groups attached to an aromatic ring is 1. The van der Waals surface area contributed by atoms with Crippen molar-refractivity contribution < 1.29 is 4.79 Å². The van der Waals surface area contributed by atoms with Crippen LogP contribution in [0.25, 0.3) is 27.6 Å². The molecule has 6 nitrogen and oxygen atoms in total. The van der Waals surface area contributed by atoms with Gasteiger partial charge in [0.05, 0.1) is 17.3 Å². The Balaban J connectivity index is 1.54. The fourth-order valence-electron chi connectivity index (χ4n) is 3.91. The van der Waals surface area contributed by atoms with Gasteiger partial charge in [0.15, 0.2) is 0 Å². The van der Waals surface area contributed by atoms with Crippen molar-refractivity contribution in [3.63, 3.8) is 0 Å².